The Hall–Kier alpha value is -7.02. The molecule has 21 heteroatoms. The van der Waals surface area contributed by atoms with Gasteiger partial charge in [0.25, 0.3) is 0 Å². The predicted molar refractivity (Wildman–Crippen MR) is 257 cm³/mol. The zero-order valence-corrected chi connectivity index (χ0v) is 33.8. The Labute approximate surface area is 345 Å². The SMILES string of the molecule is Bc1c(B)c(-c2c(B)c(O)c3c(O)c(O)c4c(O)c(B)c(O)c5c(O)c(O)c2c3c45)c(O)c(B)c1-c1c(O)c(B)c2c(B)c(O)c3c(O)c(B)c(C)c4c(O)c(O)c1c2c43. The Balaban J connectivity index is 1.49. The van der Waals surface area contributed by atoms with Gasteiger partial charge in [-0.25, -0.2) is 0 Å². The van der Waals surface area contributed by atoms with Crippen LogP contribution in [0.3, 0.4) is 0 Å². The molecular weight excluding hydrogens is 763 g/mol. The van der Waals surface area contributed by atoms with Gasteiger partial charge in [0, 0.05) is 48.8 Å². The molecule has 0 radical (unpaired) electrons. The lowest BCUT2D eigenvalue weighted by Crippen LogP contribution is -2.36. The molecule has 9 rings (SSSR count). The summed E-state index contributed by atoms with van der Waals surface area (Å²) in [5.74, 6) is -7.71. The largest absolute Gasteiger partial charge is 0.508 e. The van der Waals surface area contributed by atoms with Gasteiger partial charge >= 0.3 is 0 Å². The van der Waals surface area contributed by atoms with Crippen molar-refractivity contribution in [2.45, 2.75) is 6.92 Å². The van der Waals surface area contributed by atoms with Gasteiger partial charge in [-0.15, -0.1) is 0 Å². The van der Waals surface area contributed by atoms with Gasteiger partial charge in [0.05, 0.1) is 21.5 Å². The Morgan fingerprint density at radius 1 is 0.200 bits per heavy atom. The second-order valence-corrected chi connectivity index (χ2v) is 16.2. The molecular formula is C39H32B8O13. The predicted octanol–water partition coefficient (Wildman–Crippen LogP) is -6.64. The van der Waals surface area contributed by atoms with Gasteiger partial charge in [0.15, 0.2) is 34.5 Å². The van der Waals surface area contributed by atoms with Gasteiger partial charge in [0.1, 0.15) is 103 Å². The molecule has 0 atom stereocenters. The molecule has 0 aliphatic heterocycles. The fourth-order valence-electron chi connectivity index (χ4n) is 10.1. The van der Waals surface area contributed by atoms with E-state index in [9.17, 15) is 66.4 Å². The first-order valence-electron chi connectivity index (χ1n) is 18.9. The first kappa shape index (κ1) is 38.5. The molecule has 9 aromatic rings. The number of hydrogen-bond donors (Lipinski definition) is 13. The lowest BCUT2D eigenvalue weighted by Gasteiger charge is -2.28. The molecule has 290 valence electrons. The first-order valence-corrected chi connectivity index (χ1v) is 18.9. The minimum atomic E-state index is -0.861. The molecule has 0 fully saturated rings. The van der Waals surface area contributed by atoms with Crippen molar-refractivity contribution in [2.24, 2.45) is 0 Å². The second kappa shape index (κ2) is 11.8. The molecule has 0 saturated heterocycles. The Morgan fingerprint density at radius 3 is 1.03 bits per heavy atom. The first-order chi connectivity index (χ1) is 28.0. The maximum Gasteiger partial charge on any atom is 0.170 e. The zero-order valence-electron chi connectivity index (χ0n) is 33.8. The van der Waals surface area contributed by atoms with Crippen LogP contribution in [-0.2, 0) is 0 Å². The van der Waals surface area contributed by atoms with Crippen molar-refractivity contribution in [1.82, 2.24) is 0 Å². The second-order valence-electron chi connectivity index (χ2n) is 16.2. The molecule has 0 amide bonds. The summed E-state index contributed by atoms with van der Waals surface area (Å²) in [5, 5.41) is 151. The van der Waals surface area contributed by atoms with E-state index in [1.54, 1.807) is 46.2 Å². The molecule has 13 N–H and O–H groups in total. The average Bonchev–Trinajstić information content (AvgIpc) is 3.20. The molecule has 0 spiro atoms. The van der Waals surface area contributed by atoms with Gasteiger partial charge < -0.3 is 66.4 Å². The molecule has 0 saturated carbocycles. The van der Waals surface area contributed by atoms with Gasteiger partial charge in [-0.3, -0.25) is 0 Å². The normalized spacial score (nSPS) is 12.2. The summed E-state index contributed by atoms with van der Waals surface area (Å²) < 4.78 is 0. The van der Waals surface area contributed by atoms with Crippen molar-refractivity contribution in [3.05, 3.63) is 5.56 Å². The third-order valence-corrected chi connectivity index (χ3v) is 13.5. The topological polar surface area (TPSA) is 263 Å². The van der Waals surface area contributed by atoms with E-state index in [0.717, 1.165) is 0 Å². The summed E-state index contributed by atoms with van der Waals surface area (Å²) in [6.07, 6.45) is 0. The van der Waals surface area contributed by atoms with Crippen LogP contribution in [0.1, 0.15) is 5.56 Å². The summed E-state index contributed by atoms with van der Waals surface area (Å²) in [5.41, 5.74) is 2.25. The number of aromatic hydroxyl groups is 13. The lowest BCUT2D eigenvalue weighted by atomic mass is 9.64. The van der Waals surface area contributed by atoms with E-state index in [0.29, 0.717) is 38.2 Å². The van der Waals surface area contributed by atoms with Crippen LogP contribution in [0, 0.1) is 6.92 Å². The molecule has 60 heavy (non-hydrogen) atoms. The number of phenolic OH excluding ortho intramolecular Hbond substituents is 13. The van der Waals surface area contributed by atoms with Crippen LogP contribution in [0.15, 0.2) is 0 Å². The molecule has 0 heterocycles. The van der Waals surface area contributed by atoms with E-state index in [-0.39, 0.29) is 115 Å². The molecule has 0 bridgehead atoms. The molecule has 0 aromatic heterocycles. The van der Waals surface area contributed by atoms with E-state index in [2.05, 4.69) is 0 Å². The van der Waals surface area contributed by atoms with Crippen LogP contribution in [-0.4, -0.2) is 129 Å². The minimum absolute atomic E-state index is 0.0101. The Morgan fingerprint density at radius 2 is 0.500 bits per heavy atom. The number of benzene rings is 9. The standard InChI is InChI=1S/C39H32B8O13/c1-2-3-4-5-10(36(57)34(3)55)11(27(48)23(44)12(5)24(45)30(51)15(4)29(50)19(2)40)13-20(41)21(42)14(28(49)25(13)46)8-9-6-7-17(37(58)35(9)56)32(53)26(47)33(54)18(7)39(60)38(59)16(6)31(52)22(8)43/h48-60H,40-47H2,1H3. The molecule has 13 nitrogen and oxygen atoms in total. The summed E-state index contributed by atoms with van der Waals surface area (Å²) in [7, 11) is 12.4. The Bertz CT molecular complexity index is 3260. The minimum Gasteiger partial charge on any atom is -0.508 e. The van der Waals surface area contributed by atoms with E-state index in [1.165, 1.54) is 23.5 Å². The summed E-state index contributed by atoms with van der Waals surface area (Å²) in [6.45, 7) is 1.66. The van der Waals surface area contributed by atoms with Crippen molar-refractivity contribution < 1.29 is 66.4 Å². The molecule has 0 aliphatic carbocycles. The lowest BCUT2D eigenvalue weighted by molar-refractivity contribution is 0.405. The van der Waals surface area contributed by atoms with Crippen LogP contribution >= 0.6 is 0 Å². The molecule has 9 aromatic carbocycles. The molecule has 0 unspecified atom stereocenters. The number of aryl methyl sites for hydroxylation is 1. The third-order valence-electron chi connectivity index (χ3n) is 13.5. The van der Waals surface area contributed by atoms with Gasteiger partial charge in [-0.1, -0.05) is 10.9 Å². The monoisotopic (exact) mass is 796 g/mol. The maximum absolute atomic E-state index is 12.4. The van der Waals surface area contributed by atoms with Crippen molar-refractivity contribution in [3.63, 3.8) is 0 Å². The maximum atomic E-state index is 12.4. The van der Waals surface area contributed by atoms with Crippen molar-refractivity contribution in [2.75, 3.05) is 0 Å². The average molecular weight is 795 g/mol. The van der Waals surface area contributed by atoms with Gasteiger partial charge in [-0.2, -0.15) is 0 Å². The summed E-state index contributed by atoms with van der Waals surface area (Å²) >= 11 is 0. The number of hydrogen-bond acceptors (Lipinski definition) is 13. The Kier molecular flexibility index (Phi) is 7.57. The van der Waals surface area contributed by atoms with Crippen LogP contribution < -0.4 is 43.7 Å². The summed E-state index contributed by atoms with van der Waals surface area (Å²) in [4.78, 5) is 0. The third kappa shape index (κ3) is 4.07. The fraction of sp³-hybridized carbons (Fsp3) is 0.0256. The van der Waals surface area contributed by atoms with E-state index >= 15 is 0 Å². The van der Waals surface area contributed by atoms with Crippen molar-refractivity contribution in [1.29, 1.82) is 0 Å². The van der Waals surface area contributed by atoms with Gasteiger partial charge in [0.2, 0.25) is 0 Å². The number of rotatable bonds is 2. The highest BCUT2D eigenvalue weighted by molar-refractivity contribution is 6.61. The zero-order chi connectivity index (χ0) is 43.9. The van der Waals surface area contributed by atoms with E-state index in [1.807, 2.05) is 0 Å². The van der Waals surface area contributed by atoms with E-state index < -0.39 is 57.5 Å². The summed E-state index contributed by atoms with van der Waals surface area (Å²) in [6, 6.07) is 0. The smallest absolute Gasteiger partial charge is 0.170 e. The number of phenols is 13. The highest BCUT2D eigenvalue weighted by Crippen LogP contribution is 2.59. The van der Waals surface area contributed by atoms with Crippen molar-refractivity contribution in [3.8, 4) is 97.0 Å². The van der Waals surface area contributed by atoms with Crippen LogP contribution in [0.2, 0.25) is 0 Å². The van der Waals surface area contributed by atoms with Crippen LogP contribution in [0.25, 0.3) is 86.9 Å². The van der Waals surface area contributed by atoms with Crippen LogP contribution in [0.4, 0.5) is 0 Å². The fourth-order valence-corrected chi connectivity index (χ4v) is 10.1. The highest BCUT2D eigenvalue weighted by atomic mass is 16.3. The van der Waals surface area contributed by atoms with Crippen LogP contribution in [0.5, 0.6) is 74.7 Å². The van der Waals surface area contributed by atoms with E-state index in [4.69, 9.17) is 0 Å². The quantitative estimate of drug-likeness (QED) is 0.0442. The molecule has 0 aliphatic rings. The van der Waals surface area contributed by atoms with Gasteiger partial charge in [-0.05, 0) is 61.8 Å². The highest BCUT2D eigenvalue weighted by Gasteiger charge is 2.36. The van der Waals surface area contributed by atoms with Crippen molar-refractivity contribution >= 4 is 171 Å².